The Kier molecular flexibility index (Phi) is 13.6. The van der Waals surface area contributed by atoms with Crippen LogP contribution in [0.2, 0.25) is 0 Å². The SMILES string of the molecule is CC(C)[C@@H](C(=O)N1C[C@H](O)C[C@H]1C(=O)NOc1ccc(-c2ccccc2F)cc1)c1cc([C@H]2CC[C@H](N3CCC(c4cnc(N5C6CCC5CN(c5c[nH]c7nnc(-c8ccccc8O)cc57)C6)nc4)CC3)CC2)no1. The Bertz CT molecular complexity index is 3180. The number of nitrogens with zero attached hydrogens (tertiary/aromatic N) is 9. The second kappa shape index (κ2) is 20.9. The number of carbonyl (C=O) groups excluding carboxylic acids is 2. The molecule has 1 saturated carbocycles. The van der Waals surface area contributed by atoms with Gasteiger partial charge in [-0.1, -0.05) is 61.5 Å². The molecular weight excluding hydrogens is 966 g/mol. The van der Waals surface area contributed by atoms with Gasteiger partial charge in [0, 0.05) is 91.3 Å². The highest BCUT2D eigenvalue weighted by atomic mass is 19.1. The van der Waals surface area contributed by atoms with Gasteiger partial charge in [0.2, 0.25) is 11.9 Å². The summed E-state index contributed by atoms with van der Waals surface area (Å²) < 4.78 is 20.3. The van der Waals surface area contributed by atoms with E-state index in [0.29, 0.717) is 57.9 Å². The van der Waals surface area contributed by atoms with Crippen LogP contribution in [-0.4, -0.2) is 125 Å². The molecule has 5 aliphatic rings. The van der Waals surface area contributed by atoms with Gasteiger partial charge in [0.1, 0.15) is 29.3 Å². The number of phenolic OH excluding ortho intramolecular Hbond substituents is 1. The van der Waals surface area contributed by atoms with E-state index < -0.39 is 24.0 Å². The molecule has 2 unspecified atom stereocenters. The van der Waals surface area contributed by atoms with E-state index in [1.165, 1.54) is 16.5 Å². The van der Waals surface area contributed by atoms with Crippen molar-refractivity contribution in [3.8, 4) is 33.9 Å². The summed E-state index contributed by atoms with van der Waals surface area (Å²) in [6.07, 6.45) is 13.8. The normalized spacial score (nSPS) is 23.6. The predicted octanol–water partition coefficient (Wildman–Crippen LogP) is 8.49. The molecule has 17 nitrogen and oxygen atoms in total. The molecule has 4 N–H and O–H groups in total. The Labute approximate surface area is 440 Å². The largest absolute Gasteiger partial charge is 0.507 e. The number of piperidine rings is 1. The monoisotopic (exact) mass is 1030 g/mol. The lowest BCUT2D eigenvalue weighted by Crippen LogP contribution is -2.54. The number of hydrogen-bond donors (Lipinski definition) is 4. The van der Waals surface area contributed by atoms with E-state index in [-0.39, 0.29) is 42.3 Å². The number of phenols is 1. The van der Waals surface area contributed by atoms with Crippen molar-refractivity contribution < 1.29 is 33.6 Å². The number of nitrogens with one attached hydrogen (secondary N) is 2. The number of aromatic amines is 1. The maximum absolute atomic E-state index is 14.3. The molecule has 2 amide bonds. The van der Waals surface area contributed by atoms with Crippen LogP contribution in [0.25, 0.3) is 33.4 Å². The van der Waals surface area contributed by atoms with Gasteiger partial charge in [-0.3, -0.25) is 9.59 Å². The lowest BCUT2D eigenvalue weighted by molar-refractivity contribution is -0.143. The number of hydroxylamine groups is 1. The number of aliphatic hydroxyl groups is 1. The number of rotatable bonds is 13. The minimum absolute atomic E-state index is 0.0105. The first-order valence-electron chi connectivity index (χ1n) is 27.0. The maximum Gasteiger partial charge on any atom is 0.275 e. The molecule has 18 heteroatoms. The zero-order valence-corrected chi connectivity index (χ0v) is 42.8. The van der Waals surface area contributed by atoms with Gasteiger partial charge in [-0.15, -0.1) is 10.2 Å². The summed E-state index contributed by atoms with van der Waals surface area (Å²) in [7, 11) is 0. The van der Waals surface area contributed by atoms with E-state index in [9.17, 15) is 24.2 Å². The number of aliphatic hydroxyl groups excluding tert-OH is 1. The number of carbonyl (C=O) groups is 2. The topological polar surface area (TPSA) is 202 Å². The number of aromatic nitrogens is 6. The summed E-state index contributed by atoms with van der Waals surface area (Å²) in [5.74, 6) is 0.398. The summed E-state index contributed by atoms with van der Waals surface area (Å²) in [5, 5.41) is 35.6. The molecule has 2 bridgehead atoms. The molecule has 76 heavy (non-hydrogen) atoms. The number of likely N-dealkylation sites (tertiary alicyclic amines) is 2. The third-order valence-electron chi connectivity index (χ3n) is 16.9. The van der Waals surface area contributed by atoms with E-state index in [0.717, 1.165) is 106 Å². The fraction of sp³-hybridized carbons (Fsp3) is 0.431. The third kappa shape index (κ3) is 9.72. The second-order valence-electron chi connectivity index (χ2n) is 21.9. The van der Waals surface area contributed by atoms with Crippen LogP contribution >= 0.6 is 0 Å². The number of halogens is 1. The Morgan fingerprint density at radius 3 is 2.22 bits per heavy atom. The van der Waals surface area contributed by atoms with E-state index in [1.54, 1.807) is 54.6 Å². The summed E-state index contributed by atoms with van der Waals surface area (Å²) >= 11 is 0. The first-order chi connectivity index (χ1) is 37.0. The predicted molar refractivity (Wildman–Crippen MR) is 284 cm³/mol. The molecule has 4 saturated heterocycles. The fourth-order valence-corrected chi connectivity index (χ4v) is 12.9. The van der Waals surface area contributed by atoms with Crippen molar-refractivity contribution >= 4 is 34.5 Å². The standard InChI is InChI=1S/C58H64FN11O6/c1-34(2)54(57(74)69-33-42(71)25-50(69)56(73)66-75-43-19-13-36(14-20-43)44-7-3-5-9-47(44)59)53-27-48(65-76-53)37-11-15-39(16-12-37)67-23-21-35(22-24-67)38-28-61-58(62-29-38)70-40-17-18-41(70)32-68(31-40)51-30-60-55-46(51)26-49(63-64-55)45-8-4-6-10-52(45)72/h3-10,13-14,19-20,26-30,34-35,37,39-42,50,54,71-72H,11-12,15-18,21-25,31-33H2,1-2H3,(H,60,64)(H,66,73)/t37-,39-,40?,41?,42-,50+,54-/m1/s1. The molecule has 4 aliphatic heterocycles. The van der Waals surface area contributed by atoms with Crippen LogP contribution < -0.4 is 20.1 Å². The molecular formula is C58H64FN11O6. The quantitative estimate of drug-likeness (QED) is 0.0801. The van der Waals surface area contributed by atoms with Crippen molar-refractivity contribution in [1.82, 2.24) is 45.6 Å². The number of β-amino-alcohol motifs (C(OH)–C–C–N with tert-alkyl or cyclic N) is 1. The first-order valence-corrected chi connectivity index (χ1v) is 27.0. The summed E-state index contributed by atoms with van der Waals surface area (Å²) in [4.78, 5) is 55.7. The molecule has 1 aliphatic carbocycles. The number of amides is 2. The van der Waals surface area contributed by atoms with Gasteiger partial charge < -0.3 is 44.2 Å². The number of hydrogen-bond acceptors (Lipinski definition) is 14. The van der Waals surface area contributed by atoms with Crippen molar-refractivity contribution in [2.75, 3.05) is 42.5 Å². The third-order valence-corrected chi connectivity index (χ3v) is 16.9. The van der Waals surface area contributed by atoms with Crippen LogP contribution in [0, 0.1) is 11.7 Å². The van der Waals surface area contributed by atoms with Crippen molar-refractivity contribution in [1.29, 1.82) is 0 Å². The van der Waals surface area contributed by atoms with Crippen molar-refractivity contribution in [2.24, 2.45) is 5.92 Å². The number of H-pyrrole nitrogens is 1. The number of benzene rings is 3. The summed E-state index contributed by atoms with van der Waals surface area (Å²) in [6, 6.07) is 24.5. The zero-order valence-electron chi connectivity index (χ0n) is 42.8. The van der Waals surface area contributed by atoms with Crippen LogP contribution in [0.5, 0.6) is 11.5 Å². The number of piperazine rings is 1. The Hall–Kier alpha value is -7.44. The fourth-order valence-electron chi connectivity index (χ4n) is 12.9. The Morgan fingerprint density at radius 2 is 1.51 bits per heavy atom. The Morgan fingerprint density at radius 1 is 0.816 bits per heavy atom. The minimum atomic E-state index is -0.948. The van der Waals surface area contributed by atoms with Gasteiger partial charge in [-0.25, -0.2) is 14.4 Å². The lowest BCUT2D eigenvalue weighted by Gasteiger charge is -2.42. The van der Waals surface area contributed by atoms with Gasteiger partial charge >= 0.3 is 0 Å². The zero-order chi connectivity index (χ0) is 52.0. The molecule has 3 aromatic carbocycles. The van der Waals surface area contributed by atoms with Crippen LogP contribution in [0.15, 0.2) is 108 Å². The first kappa shape index (κ1) is 49.4. The molecule has 0 spiro atoms. The van der Waals surface area contributed by atoms with Crippen LogP contribution in [0.1, 0.15) is 106 Å². The smallest absolute Gasteiger partial charge is 0.275 e. The molecule has 394 valence electrons. The Balaban J connectivity index is 0.615. The molecule has 5 fully saturated rings. The van der Waals surface area contributed by atoms with Crippen LogP contribution in [-0.2, 0) is 9.59 Å². The molecule has 7 aromatic rings. The van der Waals surface area contributed by atoms with Gasteiger partial charge in [-0.2, -0.15) is 5.48 Å². The maximum atomic E-state index is 14.3. The van der Waals surface area contributed by atoms with Crippen molar-refractivity contribution in [3.05, 3.63) is 126 Å². The highest BCUT2D eigenvalue weighted by molar-refractivity contribution is 5.93. The lowest BCUT2D eigenvalue weighted by atomic mass is 9.81. The van der Waals surface area contributed by atoms with E-state index in [4.69, 9.17) is 19.3 Å². The molecule has 5 atom stereocenters. The van der Waals surface area contributed by atoms with E-state index >= 15 is 0 Å². The minimum Gasteiger partial charge on any atom is -0.507 e. The van der Waals surface area contributed by atoms with Gasteiger partial charge in [0.15, 0.2) is 11.4 Å². The van der Waals surface area contributed by atoms with Gasteiger partial charge in [0.05, 0.1) is 23.2 Å². The highest BCUT2D eigenvalue weighted by Gasteiger charge is 2.45. The number of anilines is 2. The van der Waals surface area contributed by atoms with Crippen molar-refractivity contribution in [3.63, 3.8) is 0 Å². The number of aromatic hydroxyl groups is 1. The number of fused-ring (bicyclic) bond motifs is 3. The summed E-state index contributed by atoms with van der Waals surface area (Å²) in [5.41, 5.74) is 8.79. The molecule has 12 rings (SSSR count). The van der Waals surface area contributed by atoms with Crippen molar-refractivity contribution in [2.45, 2.75) is 120 Å². The highest BCUT2D eigenvalue weighted by Crippen LogP contribution is 2.42. The van der Waals surface area contributed by atoms with Crippen LogP contribution in [0.4, 0.5) is 16.0 Å². The molecule has 4 aromatic heterocycles. The van der Waals surface area contributed by atoms with E-state index in [1.807, 2.05) is 44.3 Å². The van der Waals surface area contributed by atoms with Gasteiger partial charge in [0.25, 0.3) is 5.91 Å². The second-order valence-corrected chi connectivity index (χ2v) is 21.9. The molecule has 0 radical (unpaired) electrons. The average molecular weight is 1030 g/mol. The number of para-hydroxylation sites is 1. The molecule has 8 heterocycles. The van der Waals surface area contributed by atoms with Gasteiger partial charge in [-0.05, 0) is 124 Å². The van der Waals surface area contributed by atoms with E-state index in [2.05, 4.69) is 52.9 Å². The van der Waals surface area contributed by atoms with Crippen LogP contribution in [0.3, 0.4) is 0 Å². The summed E-state index contributed by atoms with van der Waals surface area (Å²) in [6.45, 7) is 7.69. The average Bonchev–Trinajstić information content (AvgIpc) is 4.26.